The lowest BCUT2D eigenvalue weighted by atomic mass is 9.43. The summed E-state index contributed by atoms with van der Waals surface area (Å²) in [5, 5.41) is 15.0. The summed E-state index contributed by atoms with van der Waals surface area (Å²) in [4.78, 5) is 23.6. The van der Waals surface area contributed by atoms with Gasteiger partial charge in [-0.2, -0.15) is 0 Å². The third-order valence-corrected chi connectivity index (χ3v) is 10.6. The molecule has 4 aliphatic rings. The molecule has 4 saturated carbocycles. The van der Waals surface area contributed by atoms with E-state index in [9.17, 15) is 14.7 Å². The van der Waals surface area contributed by atoms with Crippen LogP contribution < -0.4 is 16.7 Å². The van der Waals surface area contributed by atoms with Crippen LogP contribution >= 0.6 is 0 Å². The molecule has 4 fully saturated rings. The summed E-state index contributed by atoms with van der Waals surface area (Å²) in [6.45, 7) is 5.55. The molecule has 0 spiro atoms. The molecule has 1 aromatic rings. The second-order valence-corrected chi connectivity index (χ2v) is 11.9. The van der Waals surface area contributed by atoms with Crippen LogP contribution in [0.2, 0.25) is 0 Å². The number of alkyl carbamates (subject to hydrolysis) is 1. The fourth-order valence-electron chi connectivity index (χ4n) is 8.76. The van der Waals surface area contributed by atoms with Crippen LogP contribution in [0, 0.1) is 28.6 Å². The van der Waals surface area contributed by atoms with Gasteiger partial charge in [-0.15, -0.1) is 0 Å². The van der Waals surface area contributed by atoms with E-state index >= 15 is 0 Å². The predicted molar refractivity (Wildman–Crippen MR) is 128 cm³/mol. The van der Waals surface area contributed by atoms with Gasteiger partial charge in [-0.25, -0.2) is 9.59 Å². The van der Waals surface area contributed by atoms with E-state index in [0.29, 0.717) is 30.8 Å². The zero-order valence-corrected chi connectivity index (χ0v) is 20.6. The van der Waals surface area contributed by atoms with E-state index in [0.717, 1.165) is 63.4 Å². The number of carbonyl (C=O) groups is 1. The van der Waals surface area contributed by atoms with Gasteiger partial charge in [-0.05, 0) is 98.5 Å². The Hall–Kier alpha value is -1.86. The van der Waals surface area contributed by atoms with Crippen molar-refractivity contribution in [2.75, 3.05) is 13.1 Å². The van der Waals surface area contributed by atoms with Gasteiger partial charge in [0.15, 0.2) is 0 Å². The molecule has 188 valence electrons. The molecule has 34 heavy (non-hydrogen) atoms. The smallest absolute Gasteiger partial charge is 0.407 e. The van der Waals surface area contributed by atoms with Crippen molar-refractivity contribution in [1.29, 1.82) is 0 Å². The second kappa shape index (κ2) is 8.66. The molecule has 8 atom stereocenters. The molecular weight excluding hydrogens is 432 g/mol. The minimum Gasteiger partial charge on any atom is -0.446 e. The molecule has 0 saturated heterocycles. The van der Waals surface area contributed by atoms with Gasteiger partial charge in [0.05, 0.1) is 11.9 Å². The summed E-state index contributed by atoms with van der Waals surface area (Å²) in [5.74, 6) is 1.51. The number of ether oxygens (including phenoxy) is 1. The highest BCUT2D eigenvalue weighted by atomic mass is 16.6. The van der Waals surface area contributed by atoms with Crippen LogP contribution in [0.3, 0.4) is 0 Å². The first-order chi connectivity index (χ1) is 16.2. The Bertz CT molecular complexity index is 960. The molecule has 4 N–H and O–H groups in total. The predicted octanol–water partition coefficient (Wildman–Crippen LogP) is 3.93. The Balaban J connectivity index is 1.33. The maximum absolute atomic E-state index is 12.3. The number of fused-ring (bicyclic) bond motifs is 5. The minimum absolute atomic E-state index is 0.0343. The topological polar surface area (TPSA) is 115 Å². The van der Waals surface area contributed by atoms with Crippen molar-refractivity contribution >= 4 is 6.09 Å². The van der Waals surface area contributed by atoms with Gasteiger partial charge in [-0.1, -0.05) is 13.8 Å². The number of aliphatic hydroxyl groups is 1. The van der Waals surface area contributed by atoms with E-state index < -0.39 is 5.60 Å². The van der Waals surface area contributed by atoms with Crippen LogP contribution in [0.15, 0.2) is 27.6 Å². The molecule has 1 heterocycles. The lowest BCUT2D eigenvalue weighted by molar-refractivity contribution is -0.205. The van der Waals surface area contributed by atoms with Crippen molar-refractivity contribution in [3.8, 4) is 0 Å². The number of nitrogens with one attached hydrogen (secondary N) is 1. The largest absolute Gasteiger partial charge is 0.446 e. The number of hydrogen-bond acceptors (Lipinski definition) is 6. The standard InChI is InChI=1S/C27H40N2O5/c1-25-10-7-19(34-24(31)29-14-13-28)15-18(25)4-5-22-21(25)8-11-26(2)20(9-12-27(22,26)32)17-3-6-23(30)33-16-17/h3,6,16,18-22,32H,4-5,7-15,28H2,1-2H3,(H,29,31). The molecule has 7 nitrogen and oxygen atoms in total. The summed E-state index contributed by atoms with van der Waals surface area (Å²) in [6.07, 6.45) is 9.99. The molecule has 0 bridgehead atoms. The van der Waals surface area contributed by atoms with Crippen LogP contribution in [0.4, 0.5) is 4.79 Å². The second-order valence-electron chi connectivity index (χ2n) is 11.9. The third-order valence-electron chi connectivity index (χ3n) is 10.6. The molecule has 0 aliphatic heterocycles. The minimum atomic E-state index is -0.694. The van der Waals surface area contributed by atoms with Gasteiger partial charge in [0, 0.05) is 24.6 Å². The van der Waals surface area contributed by atoms with Crippen molar-refractivity contribution in [2.24, 2.45) is 34.3 Å². The molecule has 7 heteroatoms. The molecule has 1 aromatic heterocycles. The van der Waals surface area contributed by atoms with E-state index in [2.05, 4.69) is 19.2 Å². The number of rotatable bonds is 4. The van der Waals surface area contributed by atoms with Gasteiger partial charge < -0.3 is 25.3 Å². The Labute approximate surface area is 201 Å². The summed E-state index contributed by atoms with van der Waals surface area (Å²) >= 11 is 0. The number of hydrogen-bond donors (Lipinski definition) is 3. The van der Waals surface area contributed by atoms with Gasteiger partial charge in [0.1, 0.15) is 6.10 Å². The number of carbonyl (C=O) groups excluding carboxylic acids is 1. The van der Waals surface area contributed by atoms with Crippen molar-refractivity contribution in [1.82, 2.24) is 5.32 Å². The fraction of sp³-hybridized carbons (Fsp3) is 0.778. The molecular formula is C27H40N2O5. The first kappa shape index (κ1) is 23.9. The van der Waals surface area contributed by atoms with Crippen LogP contribution in [0.1, 0.15) is 83.1 Å². The average Bonchev–Trinajstić information content (AvgIpc) is 3.10. The van der Waals surface area contributed by atoms with Crippen molar-refractivity contribution in [2.45, 2.75) is 89.3 Å². The van der Waals surface area contributed by atoms with E-state index in [4.69, 9.17) is 14.9 Å². The highest BCUT2D eigenvalue weighted by Gasteiger charge is 2.67. The molecule has 0 radical (unpaired) electrons. The van der Waals surface area contributed by atoms with Crippen LogP contribution in [-0.4, -0.2) is 36.0 Å². The monoisotopic (exact) mass is 472 g/mol. The molecule has 5 rings (SSSR count). The highest BCUT2D eigenvalue weighted by Crippen LogP contribution is 2.70. The summed E-state index contributed by atoms with van der Waals surface area (Å²) in [7, 11) is 0. The lowest BCUT2D eigenvalue weighted by Crippen LogP contribution is -2.62. The van der Waals surface area contributed by atoms with E-state index in [1.165, 1.54) is 6.07 Å². The van der Waals surface area contributed by atoms with Gasteiger partial charge in [0.25, 0.3) is 0 Å². The van der Waals surface area contributed by atoms with Crippen molar-refractivity contribution < 1.29 is 19.1 Å². The number of amides is 1. The normalized spacial score (nSPS) is 43.4. The molecule has 4 aliphatic carbocycles. The van der Waals surface area contributed by atoms with Crippen LogP contribution in [0.25, 0.3) is 0 Å². The van der Waals surface area contributed by atoms with Gasteiger partial charge >= 0.3 is 11.7 Å². The first-order valence-electron chi connectivity index (χ1n) is 13.2. The lowest BCUT2D eigenvalue weighted by Gasteiger charge is -2.63. The third kappa shape index (κ3) is 3.62. The van der Waals surface area contributed by atoms with Crippen LogP contribution in [0.5, 0.6) is 0 Å². The van der Waals surface area contributed by atoms with E-state index in [1.54, 1.807) is 6.26 Å². The maximum atomic E-state index is 12.3. The summed E-state index contributed by atoms with van der Waals surface area (Å²) in [6, 6.07) is 3.40. The fourth-order valence-corrected chi connectivity index (χ4v) is 8.76. The van der Waals surface area contributed by atoms with Crippen LogP contribution in [-0.2, 0) is 4.74 Å². The molecule has 0 aromatic carbocycles. The summed E-state index contributed by atoms with van der Waals surface area (Å²) < 4.78 is 10.9. The quantitative estimate of drug-likeness (QED) is 0.612. The summed E-state index contributed by atoms with van der Waals surface area (Å²) in [5.41, 5.74) is 5.46. The Kier molecular flexibility index (Phi) is 6.08. The zero-order valence-electron chi connectivity index (χ0n) is 20.6. The Morgan fingerprint density at radius 3 is 2.71 bits per heavy atom. The maximum Gasteiger partial charge on any atom is 0.407 e. The van der Waals surface area contributed by atoms with Gasteiger partial charge in [0.2, 0.25) is 0 Å². The van der Waals surface area contributed by atoms with Crippen molar-refractivity contribution in [3.05, 3.63) is 34.4 Å². The average molecular weight is 473 g/mol. The zero-order chi connectivity index (χ0) is 24.1. The Morgan fingerprint density at radius 1 is 1.15 bits per heavy atom. The molecule has 1 amide bonds. The van der Waals surface area contributed by atoms with E-state index in [-0.39, 0.29) is 34.6 Å². The Morgan fingerprint density at radius 2 is 1.97 bits per heavy atom. The first-order valence-corrected chi connectivity index (χ1v) is 13.2. The molecule has 8 unspecified atom stereocenters. The van der Waals surface area contributed by atoms with Crippen molar-refractivity contribution in [3.63, 3.8) is 0 Å². The number of nitrogens with two attached hydrogens (primary N) is 1. The SMILES string of the molecule is CC12CCC(OC(=O)NCCN)CC1CCC1C2CCC2(C)C(c3ccc(=O)oc3)CCC12O. The van der Waals surface area contributed by atoms with E-state index in [1.807, 2.05) is 6.07 Å². The van der Waals surface area contributed by atoms with Gasteiger partial charge in [-0.3, -0.25) is 0 Å². The highest BCUT2D eigenvalue weighted by molar-refractivity contribution is 5.67.